The molecule has 2 aliphatic rings. The number of hydrogen-bond acceptors (Lipinski definition) is 7. The van der Waals surface area contributed by atoms with Crippen LogP contribution in [0, 0.1) is 5.82 Å². The standard InChI is InChI=1S/C25H25FN6O3/c26-19-7-5-16(6-8-19)12-32-24(28-29-30-32)14-31(20-3-1-2-4-20)13-18-9-17-10-22-23(35-15-34-22)11-21(17)27-25(18)33/h5-11,20H,1-4,12-15H2,(H,27,33). The second-order valence-electron chi connectivity index (χ2n) is 9.14. The highest BCUT2D eigenvalue weighted by molar-refractivity contribution is 5.83. The van der Waals surface area contributed by atoms with E-state index in [2.05, 4.69) is 25.4 Å². The van der Waals surface area contributed by atoms with Crippen LogP contribution in [0.5, 0.6) is 11.5 Å². The third-order valence-corrected chi connectivity index (χ3v) is 6.83. The predicted octanol–water partition coefficient (Wildman–Crippen LogP) is 3.38. The lowest BCUT2D eigenvalue weighted by Crippen LogP contribution is -2.35. The number of nitrogens with zero attached hydrogens (tertiary/aromatic N) is 5. The first-order valence-corrected chi connectivity index (χ1v) is 11.8. The summed E-state index contributed by atoms with van der Waals surface area (Å²) in [6, 6.07) is 12.3. The molecule has 1 saturated carbocycles. The minimum atomic E-state index is -0.275. The summed E-state index contributed by atoms with van der Waals surface area (Å²) < 4.78 is 26.0. The molecule has 10 heteroatoms. The first-order chi connectivity index (χ1) is 17.1. The summed E-state index contributed by atoms with van der Waals surface area (Å²) in [5.74, 6) is 1.76. The van der Waals surface area contributed by atoms with E-state index in [-0.39, 0.29) is 18.2 Å². The summed E-state index contributed by atoms with van der Waals surface area (Å²) in [6.45, 7) is 1.63. The molecule has 9 nitrogen and oxygen atoms in total. The number of halogens is 1. The molecule has 3 heterocycles. The van der Waals surface area contributed by atoms with E-state index in [0.717, 1.165) is 29.3 Å². The van der Waals surface area contributed by atoms with E-state index >= 15 is 0 Å². The highest BCUT2D eigenvalue weighted by Crippen LogP contribution is 2.35. The van der Waals surface area contributed by atoms with Gasteiger partial charge in [0.05, 0.1) is 18.6 Å². The number of hydrogen-bond donors (Lipinski definition) is 1. The Hall–Kier alpha value is -3.79. The van der Waals surface area contributed by atoms with Crippen molar-refractivity contribution in [3.63, 3.8) is 0 Å². The summed E-state index contributed by atoms with van der Waals surface area (Å²) in [6.07, 6.45) is 4.48. The molecule has 0 spiro atoms. The first kappa shape index (κ1) is 21.7. The van der Waals surface area contributed by atoms with Crippen LogP contribution in [0.4, 0.5) is 4.39 Å². The molecule has 180 valence electrons. The summed E-state index contributed by atoms with van der Waals surface area (Å²) in [4.78, 5) is 18.3. The van der Waals surface area contributed by atoms with Gasteiger partial charge in [-0.1, -0.05) is 25.0 Å². The molecule has 2 aromatic heterocycles. The average Bonchev–Trinajstić information content (AvgIpc) is 3.62. The van der Waals surface area contributed by atoms with Crippen molar-refractivity contribution in [2.24, 2.45) is 0 Å². The van der Waals surface area contributed by atoms with Crippen molar-refractivity contribution < 1.29 is 13.9 Å². The maximum atomic E-state index is 13.3. The van der Waals surface area contributed by atoms with Gasteiger partial charge in [-0.25, -0.2) is 9.07 Å². The van der Waals surface area contributed by atoms with Crippen LogP contribution in [0.3, 0.4) is 0 Å². The Kier molecular flexibility index (Phi) is 5.65. The summed E-state index contributed by atoms with van der Waals surface area (Å²) in [5.41, 5.74) is 2.20. The maximum Gasteiger partial charge on any atom is 0.252 e. The molecule has 0 unspecified atom stereocenters. The number of nitrogens with one attached hydrogen (secondary N) is 1. The highest BCUT2D eigenvalue weighted by Gasteiger charge is 2.26. The smallest absolute Gasteiger partial charge is 0.252 e. The van der Waals surface area contributed by atoms with E-state index in [1.165, 1.54) is 25.0 Å². The van der Waals surface area contributed by atoms with Crippen molar-refractivity contribution in [3.8, 4) is 11.5 Å². The van der Waals surface area contributed by atoms with Gasteiger partial charge < -0.3 is 14.5 Å². The van der Waals surface area contributed by atoms with E-state index in [1.54, 1.807) is 22.9 Å². The Morgan fingerprint density at radius 1 is 1.06 bits per heavy atom. The third kappa shape index (κ3) is 4.49. The lowest BCUT2D eigenvalue weighted by atomic mass is 10.1. The van der Waals surface area contributed by atoms with Gasteiger partial charge >= 0.3 is 0 Å². The predicted molar refractivity (Wildman–Crippen MR) is 126 cm³/mol. The quantitative estimate of drug-likeness (QED) is 0.437. The van der Waals surface area contributed by atoms with E-state index in [4.69, 9.17) is 9.47 Å². The largest absolute Gasteiger partial charge is 0.454 e. The normalized spacial score (nSPS) is 15.5. The monoisotopic (exact) mass is 476 g/mol. The molecule has 0 saturated heterocycles. The van der Waals surface area contributed by atoms with Gasteiger partial charge in [-0.3, -0.25) is 9.69 Å². The van der Waals surface area contributed by atoms with Gasteiger partial charge in [-0.2, -0.15) is 0 Å². The number of rotatable bonds is 7. The molecule has 0 amide bonds. The van der Waals surface area contributed by atoms with Crippen LogP contribution in [-0.2, 0) is 19.6 Å². The summed E-state index contributed by atoms with van der Waals surface area (Å²) in [7, 11) is 0. The minimum Gasteiger partial charge on any atom is -0.454 e. The fourth-order valence-corrected chi connectivity index (χ4v) is 4.96. The van der Waals surface area contributed by atoms with E-state index in [1.807, 2.05) is 12.1 Å². The molecule has 2 aromatic carbocycles. The average molecular weight is 477 g/mol. The topological polar surface area (TPSA) is 98.2 Å². The Balaban J connectivity index is 1.28. The Morgan fingerprint density at radius 3 is 2.63 bits per heavy atom. The van der Waals surface area contributed by atoms with Crippen molar-refractivity contribution in [2.75, 3.05) is 6.79 Å². The van der Waals surface area contributed by atoms with E-state index < -0.39 is 0 Å². The lowest BCUT2D eigenvalue weighted by Gasteiger charge is -2.28. The SMILES string of the molecule is O=c1[nH]c2cc3c(cc2cc1CN(Cc1nnnn1Cc1ccc(F)cc1)C1CCCC1)OCO3. The summed E-state index contributed by atoms with van der Waals surface area (Å²) in [5, 5.41) is 13.2. The number of pyridine rings is 1. The lowest BCUT2D eigenvalue weighted by molar-refractivity contribution is 0.172. The summed E-state index contributed by atoms with van der Waals surface area (Å²) >= 11 is 0. The fourth-order valence-electron chi connectivity index (χ4n) is 4.96. The van der Waals surface area contributed by atoms with Crippen LogP contribution in [0.15, 0.2) is 47.3 Å². The van der Waals surface area contributed by atoms with Crippen LogP contribution >= 0.6 is 0 Å². The number of aromatic nitrogens is 5. The van der Waals surface area contributed by atoms with Crippen molar-refractivity contribution >= 4 is 10.9 Å². The molecular formula is C25H25FN6O3. The highest BCUT2D eigenvalue weighted by atomic mass is 19.1. The van der Waals surface area contributed by atoms with Gasteiger partial charge in [0.25, 0.3) is 5.56 Å². The van der Waals surface area contributed by atoms with Gasteiger partial charge in [0, 0.05) is 29.6 Å². The molecule has 0 bridgehead atoms. The fraction of sp³-hybridized carbons (Fsp3) is 0.360. The molecule has 0 radical (unpaired) electrons. The molecule has 6 rings (SSSR count). The molecule has 1 aliphatic heterocycles. The number of aromatic amines is 1. The number of tetrazole rings is 1. The van der Waals surface area contributed by atoms with Gasteiger partial charge in [0.15, 0.2) is 17.3 Å². The molecule has 1 N–H and O–H groups in total. The van der Waals surface area contributed by atoms with E-state index in [0.29, 0.717) is 48.6 Å². The second-order valence-corrected chi connectivity index (χ2v) is 9.14. The van der Waals surface area contributed by atoms with E-state index in [9.17, 15) is 9.18 Å². The molecule has 1 aliphatic carbocycles. The van der Waals surface area contributed by atoms with Crippen molar-refractivity contribution in [2.45, 2.75) is 51.4 Å². The number of H-pyrrole nitrogens is 1. The Labute approximate surface area is 200 Å². The number of ether oxygens (including phenoxy) is 2. The third-order valence-electron chi connectivity index (χ3n) is 6.83. The molecular weight excluding hydrogens is 451 g/mol. The molecule has 35 heavy (non-hydrogen) atoms. The van der Waals surface area contributed by atoms with Crippen molar-refractivity contribution in [3.05, 3.63) is 75.6 Å². The molecule has 1 fully saturated rings. The Bertz CT molecular complexity index is 1410. The second kappa shape index (κ2) is 9.10. The number of benzene rings is 2. The van der Waals surface area contributed by atoms with Crippen LogP contribution in [0.25, 0.3) is 10.9 Å². The molecule has 0 atom stereocenters. The van der Waals surface area contributed by atoms with Crippen LogP contribution in [-0.4, -0.2) is 42.9 Å². The maximum absolute atomic E-state index is 13.3. The van der Waals surface area contributed by atoms with Crippen molar-refractivity contribution in [1.29, 1.82) is 0 Å². The number of fused-ring (bicyclic) bond motifs is 2. The van der Waals surface area contributed by atoms with Crippen LogP contribution in [0.1, 0.15) is 42.6 Å². The van der Waals surface area contributed by atoms with Gasteiger partial charge in [0.1, 0.15) is 5.82 Å². The van der Waals surface area contributed by atoms with Crippen molar-refractivity contribution in [1.82, 2.24) is 30.1 Å². The van der Waals surface area contributed by atoms with Gasteiger partial charge in [-0.15, -0.1) is 5.10 Å². The Morgan fingerprint density at radius 2 is 1.83 bits per heavy atom. The minimum absolute atomic E-state index is 0.120. The van der Waals surface area contributed by atoms with Crippen LogP contribution in [0.2, 0.25) is 0 Å². The first-order valence-electron chi connectivity index (χ1n) is 11.8. The zero-order chi connectivity index (χ0) is 23.8. The zero-order valence-corrected chi connectivity index (χ0v) is 19.1. The van der Waals surface area contributed by atoms with Gasteiger partial charge in [-0.05, 0) is 53.1 Å². The zero-order valence-electron chi connectivity index (χ0n) is 19.1. The molecule has 4 aromatic rings. The van der Waals surface area contributed by atoms with Crippen LogP contribution < -0.4 is 15.0 Å². The van der Waals surface area contributed by atoms with Gasteiger partial charge in [0.2, 0.25) is 6.79 Å².